The zero-order chi connectivity index (χ0) is 16.8. The number of nitrogens with one attached hydrogen (secondary N) is 1. The third-order valence-corrected chi connectivity index (χ3v) is 3.21. The van der Waals surface area contributed by atoms with Gasteiger partial charge in [-0.05, 0) is 29.8 Å². The van der Waals surface area contributed by atoms with Gasteiger partial charge in [-0.3, -0.25) is 9.79 Å². The number of carbonyl (C=O) groups is 1. The van der Waals surface area contributed by atoms with Gasteiger partial charge in [0.2, 0.25) is 0 Å². The SMILES string of the molecule is CN=C(NCc1ccc(C(N)=O)o1)N(C)Cc1cccc(F)c1.I. The van der Waals surface area contributed by atoms with Crippen molar-refractivity contribution >= 4 is 35.8 Å². The van der Waals surface area contributed by atoms with E-state index in [2.05, 4.69) is 10.3 Å². The second-order valence-corrected chi connectivity index (χ2v) is 5.02. The minimum atomic E-state index is -0.608. The average molecular weight is 446 g/mol. The van der Waals surface area contributed by atoms with Crippen molar-refractivity contribution in [3.63, 3.8) is 0 Å². The van der Waals surface area contributed by atoms with E-state index < -0.39 is 5.91 Å². The standard InChI is InChI=1S/C16H19FN4O2.HI/c1-19-16(20-9-13-6-7-14(23-13)15(18)22)21(2)10-11-4-3-5-12(17)8-11;/h3-8H,9-10H2,1-2H3,(H2,18,22)(H,19,20);1H. The maximum atomic E-state index is 13.2. The van der Waals surface area contributed by atoms with Gasteiger partial charge in [0.05, 0.1) is 6.54 Å². The van der Waals surface area contributed by atoms with Crippen LogP contribution in [0.4, 0.5) is 4.39 Å². The lowest BCUT2D eigenvalue weighted by Crippen LogP contribution is -2.38. The molecule has 3 N–H and O–H groups in total. The van der Waals surface area contributed by atoms with Gasteiger partial charge >= 0.3 is 0 Å². The van der Waals surface area contributed by atoms with E-state index in [-0.39, 0.29) is 35.6 Å². The number of rotatable bonds is 5. The lowest BCUT2D eigenvalue weighted by Gasteiger charge is -2.21. The molecule has 0 unspecified atom stereocenters. The van der Waals surface area contributed by atoms with Gasteiger partial charge in [0, 0.05) is 20.6 Å². The lowest BCUT2D eigenvalue weighted by molar-refractivity contribution is 0.0972. The summed E-state index contributed by atoms with van der Waals surface area (Å²) < 4.78 is 18.5. The van der Waals surface area contributed by atoms with Crippen molar-refractivity contribution in [1.82, 2.24) is 10.2 Å². The summed E-state index contributed by atoms with van der Waals surface area (Å²) in [4.78, 5) is 17.0. The molecule has 0 fully saturated rings. The number of hydrogen-bond acceptors (Lipinski definition) is 3. The molecule has 8 heteroatoms. The second-order valence-electron chi connectivity index (χ2n) is 5.02. The number of hydrogen-bond donors (Lipinski definition) is 2. The van der Waals surface area contributed by atoms with E-state index in [4.69, 9.17) is 10.2 Å². The Kier molecular flexibility index (Phi) is 7.69. The third kappa shape index (κ3) is 5.52. The molecule has 6 nitrogen and oxygen atoms in total. The molecule has 24 heavy (non-hydrogen) atoms. The Balaban J connectivity index is 0.00000288. The van der Waals surface area contributed by atoms with Gasteiger partial charge < -0.3 is 20.4 Å². The Morgan fingerprint density at radius 3 is 2.71 bits per heavy atom. The predicted octanol–water partition coefficient (Wildman–Crippen LogP) is 2.34. The van der Waals surface area contributed by atoms with Gasteiger partial charge in [0.25, 0.3) is 5.91 Å². The first kappa shape index (κ1) is 19.9. The van der Waals surface area contributed by atoms with Crippen molar-refractivity contribution in [2.24, 2.45) is 10.7 Å². The van der Waals surface area contributed by atoms with Gasteiger partial charge in [0.1, 0.15) is 11.6 Å². The maximum Gasteiger partial charge on any atom is 0.284 e. The fourth-order valence-corrected chi connectivity index (χ4v) is 2.14. The molecule has 0 spiro atoms. The van der Waals surface area contributed by atoms with E-state index in [1.807, 2.05) is 18.0 Å². The highest BCUT2D eigenvalue weighted by Crippen LogP contribution is 2.08. The molecule has 0 atom stereocenters. The monoisotopic (exact) mass is 446 g/mol. The normalized spacial score (nSPS) is 10.9. The molecule has 0 aliphatic carbocycles. The van der Waals surface area contributed by atoms with Crippen LogP contribution in [-0.2, 0) is 13.1 Å². The number of furan rings is 1. The number of nitrogens with zero attached hydrogens (tertiary/aromatic N) is 2. The second kappa shape index (κ2) is 9.26. The number of benzene rings is 1. The Hall–Kier alpha value is -2.10. The fourth-order valence-electron chi connectivity index (χ4n) is 2.14. The van der Waals surface area contributed by atoms with E-state index >= 15 is 0 Å². The van der Waals surface area contributed by atoms with Gasteiger partial charge in [-0.25, -0.2) is 4.39 Å². The van der Waals surface area contributed by atoms with E-state index in [1.165, 1.54) is 18.2 Å². The topological polar surface area (TPSA) is 83.9 Å². The minimum Gasteiger partial charge on any atom is -0.454 e. The predicted molar refractivity (Wildman–Crippen MR) is 101 cm³/mol. The van der Waals surface area contributed by atoms with Crippen LogP contribution in [-0.4, -0.2) is 30.9 Å². The highest BCUT2D eigenvalue weighted by molar-refractivity contribution is 14.0. The third-order valence-electron chi connectivity index (χ3n) is 3.21. The molecule has 0 bridgehead atoms. The number of aliphatic imine (C=N–C) groups is 1. The highest BCUT2D eigenvalue weighted by Gasteiger charge is 2.10. The molecule has 1 aromatic heterocycles. The van der Waals surface area contributed by atoms with Crippen LogP contribution >= 0.6 is 24.0 Å². The maximum absolute atomic E-state index is 13.2. The van der Waals surface area contributed by atoms with Crippen LogP contribution in [0.2, 0.25) is 0 Å². The average Bonchev–Trinajstić information content (AvgIpc) is 2.97. The molecule has 1 aromatic carbocycles. The molecule has 0 saturated carbocycles. The van der Waals surface area contributed by atoms with Crippen molar-refractivity contribution in [1.29, 1.82) is 0 Å². The van der Waals surface area contributed by atoms with E-state index in [0.717, 1.165) is 5.56 Å². The number of primary amides is 1. The first-order valence-electron chi connectivity index (χ1n) is 7.04. The van der Waals surface area contributed by atoms with Gasteiger partial charge in [-0.1, -0.05) is 12.1 Å². The molecular weight excluding hydrogens is 426 g/mol. The smallest absolute Gasteiger partial charge is 0.284 e. The number of guanidine groups is 1. The van der Waals surface area contributed by atoms with Crippen molar-refractivity contribution in [2.45, 2.75) is 13.1 Å². The van der Waals surface area contributed by atoms with Crippen molar-refractivity contribution in [3.8, 4) is 0 Å². The molecule has 1 amide bonds. The van der Waals surface area contributed by atoms with Crippen LogP contribution in [0, 0.1) is 5.82 Å². The number of nitrogens with two attached hydrogens (primary N) is 1. The molecule has 1 heterocycles. The summed E-state index contributed by atoms with van der Waals surface area (Å²) in [5, 5.41) is 3.11. The van der Waals surface area contributed by atoms with Gasteiger partial charge in [-0.15, -0.1) is 24.0 Å². The largest absolute Gasteiger partial charge is 0.454 e. The summed E-state index contributed by atoms with van der Waals surface area (Å²) in [5.74, 6) is 0.424. The molecule has 0 radical (unpaired) electrons. The molecule has 0 saturated heterocycles. The highest BCUT2D eigenvalue weighted by atomic mass is 127. The van der Waals surface area contributed by atoms with E-state index in [1.54, 1.807) is 19.2 Å². The summed E-state index contributed by atoms with van der Waals surface area (Å²) in [6, 6.07) is 9.60. The minimum absolute atomic E-state index is 0. The Bertz CT molecular complexity index is 718. The van der Waals surface area contributed by atoms with Gasteiger partial charge in [-0.2, -0.15) is 0 Å². The van der Waals surface area contributed by atoms with Crippen LogP contribution in [0.5, 0.6) is 0 Å². The Morgan fingerprint density at radius 2 is 2.12 bits per heavy atom. The summed E-state index contributed by atoms with van der Waals surface area (Å²) in [6.07, 6.45) is 0. The summed E-state index contributed by atoms with van der Waals surface area (Å²) in [6.45, 7) is 0.857. The summed E-state index contributed by atoms with van der Waals surface area (Å²) in [5.41, 5.74) is 5.98. The van der Waals surface area contributed by atoms with Crippen LogP contribution in [0.3, 0.4) is 0 Å². The van der Waals surface area contributed by atoms with E-state index in [0.29, 0.717) is 24.8 Å². The van der Waals surface area contributed by atoms with Crippen LogP contribution < -0.4 is 11.1 Å². The van der Waals surface area contributed by atoms with E-state index in [9.17, 15) is 9.18 Å². The summed E-state index contributed by atoms with van der Waals surface area (Å²) in [7, 11) is 3.50. The summed E-state index contributed by atoms with van der Waals surface area (Å²) >= 11 is 0. The van der Waals surface area contributed by atoms with Crippen molar-refractivity contribution in [2.75, 3.05) is 14.1 Å². The lowest BCUT2D eigenvalue weighted by atomic mass is 10.2. The Labute approximate surface area is 156 Å². The molecule has 2 aromatic rings. The quantitative estimate of drug-likeness (QED) is 0.420. The first-order valence-corrected chi connectivity index (χ1v) is 7.04. The first-order chi connectivity index (χ1) is 11.0. The zero-order valence-corrected chi connectivity index (χ0v) is 15.8. The van der Waals surface area contributed by atoms with Crippen molar-refractivity contribution in [3.05, 3.63) is 59.3 Å². The molecule has 0 aliphatic heterocycles. The molecular formula is C16H20FIN4O2. The molecule has 2 rings (SSSR count). The molecule has 130 valence electrons. The van der Waals surface area contributed by atoms with Gasteiger partial charge in [0.15, 0.2) is 11.7 Å². The Morgan fingerprint density at radius 1 is 1.38 bits per heavy atom. The van der Waals surface area contributed by atoms with Crippen LogP contribution in [0.25, 0.3) is 0 Å². The van der Waals surface area contributed by atoms with Crippen molar-refractivity contribution < 1.29 is 13.6 Å². The fraction of sp³-hybridized carbons (Fsp3) is 0.250. The number of amides is 1. The van der Waals surface area contributed by atoms with Crippen LogP contribution in [0.15, 0.2) is 45.8 Å². The van der Waals surface area contributed by atoms with Crippen LogP contribution in [0.1, 0.15) is 21.9 Å². The zero-order valence-electron chi connectivity index (χ0n) is 13.5. The molecule has 0 aliphatic rings. The number of halogens is 2. The number of carbonyl (C=O) groups excluding carboxylic acids is 1.